The largest absolute Gasteiger partial charge is 0.508 e. The van der Waals surface area contributed by atoms with Gasteiger partial charge in [0.1, 0.15) is 11.5 Å². The Morgan fingerprint density at radius 1 is 0.842 bits per heavy atom. The molecule has 1 aliphatic rings. The highest BCUT2D eigenvalue weighted by atomic mass is 16.3. The van der Waals surface area contributed by atoms with E-state index in [0.29, 0.717) is 5.56 Å². The molecular formula is C15H10O4. The molecule has 2 aromatic carbocycles. The fourth-order valence-corrected chi connectivity index (χ4v) is 2.38. The molecule has 0 atom stereocenters. The van der Waals surface area contributed by atoms with Gasteiger partial charge in [-0.2, -0.15) is 0 Å². The highest BCUT2D eigenvalue weighted by Gasteiger charge is 2.32. The van der Waals surface area contributed by atoms with Crippen molar-refractivity contribution in [3.05, 3.63) is 58.1 Å². The molecule has 0 aliphatic heterocycles. The van der Waals surface area contributed by atoms with Gasteiger partial charge in [0.25, 0.3) is 0 Å². The molecule has 1 aliphatic carbocycles. The van der Waals surface area contributed by atoms with E-state index in [1.165, 1.54) is 24.3 Å². The van der Waals surface area contributed by atoms with E-state index in [1.807, 2.05) is 0 Å². The molecule has 2 N–H and O–H groups in total. The minimum atomic E-state index is -0.446. The third-order valence-corrected chi connectivity index (χ3v) is 3.23. The predicted octanol–water partition coefficient (Wildman–Crippen LogP) is 2.18. The van der Waals surface area contributed by atoms with Crippen molar-refractivity contribution in [2.75, 3.05) is 0 Å². The van der Waals surface area contributed by atoms with E-state index in [0.717, 1.165) is 0 Å². The first kappa shape index (κ1) is 11.5. The maximum Gasteiger partial charge on any atom is 0.198 e. The average molecular weight is 254 g/mol. The van der Waals surface area contributed by atoms with Gasteiger partial charge < -0.3 is 10.2 Å². The monoisotopic (exact) mass is 254 g/mol. The Hall–Kier alpha value is -2.62. The second kappa shape index (κ2) is 3.68. The van der Waals surface area contributed by atoms with E-state index in [9.17, 15) is 19.8 Å². The van der Waals surface area contributed by atoms with Gasteiger partial charge in [-0.1, -0.05) is 0 Å². The molecule has 2 aromatic rings. The first-order chi connectivity index (χ1) is 8.99. The van der Waals surface area contributed by atoms with Crippen molar-refractivity contribution in [3.8, 4) is 11.5 Å². The Bertz CT molecular complexity index is 744. The van der Waals surface area contributed by atoms with E-state index < -0.39 is 5.78 Å². The van der Waals surface area contributed by atoms with Crippen LogP contribution in [0.5, 0.6) is 11.5 Å². The molecule has 0 unspecified atom stereocenters. The van der Waals surface area contributed by atoms with Crippen LogP contribution in [0.15, 0.2) is 30.3 Å². The van der Waals surface area contributed by atoms with E-state index >= 15 is 0 Å². The van der Waals surface area contributed by atoms with Crippen LogP contribution in [-0.4, -0.2) is 21.8 Å². The summed E-state index contributed by atoms with van der Waals surface area (Å²) < 4.78 is 0. The summed E-state index contributed by atoms with van der Waals surface area (Å²) in [6.45, 7) is 1.74. The molecule has 94 valence electrons. The van der Waals surface area contributed by atoms with Crippen LogP contribution in [0.2, 0.25) is 0 Å². The molecule has 0 aromatic heterocycles. The number of benzene rings is 2. The lowest BCUT2D eigenvalue weighted by molar-refractivity contribution is 0.0976. The fourth-order valence-electron chi connectivity index (χ4n) is 2.38. The first-order valence-corrected chi connectivity index (χ1v) is 5.75. The number of aryl methyl sites for hydroxylation is 1. The molecule has 0 spiro atoms. The molecule has 4 heteroatoms. The molecule has 0 saturated heterocycles. The predicted molar refractivity (Wildman–Crippen MR) is 67.8 cm³/mol. The zero-order valence-corrected chi connectivity index (χ0v) is 10.1. The van der Waals surface area contributed by atoms with Gasteiger partial charge in [-0.25, -0.2) is 0 Å². The second-order valence-corrected chi connectivity index (χ2v) is 4.59. The minimum Gasteiger partial charge on any atom is -0.508 e. The highest BCUT2D eigenvalue weighted by Crippen LogP contribution is 2.34. The molecule has 0 heterocycles. The minimum absolute atomic E-state index is 0.00806. The van der Waals surface area contributed by atoms with Crippen molar-refractivity contribution in [2.24, 2.45) is 0 Å². The van der Waals surface area contributed by atoms with Crippen LogP contribution in [0.25, 0.3) is 0 Å². The lowest BCUT2D eigenvalue weighted by Gasteiger charge is -2.19. The van der Waals surface area contributed by atoms with Gasteiger partial charge in [0.2, 0.25) is 0 Å². The summed E-state index contributed by atoms with van der Waals surface area (Å²) >= 11 is 0. The van der Waals surface area contributed by atoms with E-state index in [2.05, 4.69) is 0 Å². The topological polar surface area (TPSA) is 74.6 Å². The van der Waals surface area contributed by atoms with Crippen LogP contribution in [-0.2, 0) is 0 Å². The summed E-state index contributed by atoms with van der Waals surface area (Å²) in [5.74, 6) is -1.06. The van der Waals surface area contributed by atoms with Crippen molar-refractivity contribution in [1.82, 2.24) is 0 Å². The molecule has 4 nitrogen and oxygen atoms in total. The van der Waals surface area contributed by atoms with Crippen molar-refractivity contribution in [1.29, 1.82) is 0 Å². The number of rotatable bonds is 0. The average Bonchev–Trinajstić information content (AvgIpc) is 2.35. The molecule has 0 bridgehead atoms. The fraction of sp³-hybridized carbons (Fsp3) is 0.0667. The first-order valence-electron chi connectivity index (χ1n) is 5.75. The van der Waals surface area contributed by atoms with Crippen LogP contribution in [0, 0.1) is 6.92 Å². The zero-order chi connectivity index (χ0) is 13.7. The van der Waals surface area contributed by atoms with Gasteiger partial charge in [0, 0.05) is 16.7 Å². The second-order valence-electron chi connectivity index (χ2n) is 4.59. The van der Waals surface area contributed by atoms with Gasteiger partial charge in [-0.15, -0.1) is 0 Å². The quantitative estimate of drug-likeness (QED) is 0.644. The van der Waals surface area contributed by atoms with Gasteiger partial charge in [-0.3, -0.25) is 9.59 Å². The van der Waals surface area contributed by atoms with Gasteiger partial charge >= 0.3 is 0 Å². The van der Waals surface area contributed by atoms with Crippen LogP contribution >= 0.6 is 0 Å². The molecular weight excluding hydrogens is 244 g/mol. The normalized spacial score (nSPS) is 13.1. The Morgan fingerprint density at radius 2 is 1.58 bits per heavy atom. The Labute approximate surface area is 108 Å². The Morgan fingerprint density at radius 3 is 2.32 bits per heavy atom. The van der Waals surface area contributed by atoms with Gasteiger partial charge in [0.15, 0.2) is 11.6 Å². The summed E-state index contributed by atoms with van der Waals surface area (Å²) in [7, 11) is 0. The Kier molecular flexibility index (Phi) is 2.22. The number of carbonyl (C=O) groups excluding carboxylic acids is 2. The van der Waals surface area contributed by atoms with Crippen molar-refractivity contribution in [3.63, 3.8) is 0 Å². The lowest BCUT2D eigenvalue weighted by atomic mass is 9.83. The van der Waals surface area contributed by atoms with Crippen molar-refractivity contribution in [2.45, 2.75) is 6.92 Å². The Balaban J connectivity index is 2.36. The number of phenols is 2. The number of aromatic hydroxyl groups is 2. The van der Waals surface area contributed by atoms with E-state index in [4.69, 9.17) is 0 Å². The van der Waals surface area contributed by atoms with Gasteiger partial charge in [-0.05, 0) is 42.8 Å². The maximum absolute atomic E-state index is 12.3. The molecule has 0 saturated carbocycles. The summed E-state index contributed by atoms with van der Waals surface area (Å²) in [4.78, 5) is 24.6. The molecule has 3 rings (SSSR count). The van der Waals surface area contributed by atoms with Crippen LogP contribution in [0.3, 0.4) is 0 Å². The summed E-state index contributed by atoms with van der Waals surface area (Å²) in [6.07, 6.45) is 0. The summed E-state index contributed by atoms with van der Waals surface area (Å²) in [5.41, 5.74) is 1.30. The van der Waals surface area contributed by atoms with Crippen molar-refractivity contribution >= 4 is 11.6 Å². The number of ketones is 2. The molecule has 0 radical (unpaired) electrons. The maximum atomic E-state index is 12.3. The summed E-state index contributed by atoms with van der Waals surface area (Å²) in [5, 5.41) is 19.3. The SMILES string of the molecule is Cc1cc(O)c2c(c1)C(=O)c1ccc(O)cc1C2=O. The van der Waals surface area contributed by atoms with E-state index in [1.54, 1.807) is 13.0 Å². The standard InChI is InChI=1S/C15H10O4/c1-7-4-11-13(12(17)5-7)15(19)10-6-8(16)2-3-9(10)14(11)18/h2-6,16-17H,1H3. The molecule has 19 heavy (non-hydrogen) atoms. The smallest absolute Gasteiger partial charge is 0.198 e. The van der Waals surface area contributed by atoms with Crippen LogP contribution in [0.1, 0.15) is 37.4 Å². The number of fused-ring (bicyclic) bond motifs is 2. The lowest BCUT2D eigenvalue weighted by Crippen LogP contribution is -2.21. The molecule has 0 amide bonds. The molecule has 0 fully saturated rings. The highest BCUT2D eigenvalue weighted by molar-refractivity contribution is 6.29. The zero-order valence-electron chi connectivity index (χ0n) is 10.1. The number of hydrogen-bond donors (Lipinski definition) is 2. The summed E-state index contributed by atoms with van der Waals surface area (Å²) in [6, 6.07) is 7.07. The van der Waals surface area contributed by atoms with Gasteiger partial charge in [0.05, 0.1) is 5.56 Å². The number of hydrogen-bond acceptors (Lipinski definition) is 4. The number of carbonyl (C=O) groups is 2. The van der Waals surface area contributed by atoms with Crippen LogP contribution < -0.4 is 0 Å². The third kappa shape index (κ3) is 1.53. The number of phenolic OH excluding ortho intramolecular Hbond substituents is 2. The van der Waals surface area contributed by atoms with Crippen molar-refractivity contribution < 1.29 is 19.8 Å². The van der Waals surface area contributed by atoms with Crippen LogP contribution in [0.4, 0.5) is 0 Å². The van der Waals surface area contributed by atoms with E-state index in [-0.39, 0.29) is 39.5 Å². The third-order valence-electron chi connectivity index (χ3n) is 3.23.